The van der Waals surface area contributed by atoms with Gasteiger partial charge >= 0.3 is 0 Å². The molecule has 2 aromatic rings. The Hall–Kier alpha value is -2.21. The lowest BCUT2D eigenvalue weighted by atomic mass is 9.91. The number of aromatic nitrogens is 2. The molecule has 0 saturated carbocycles. The first-order chi connectivity index (χ1) is 12.8. The molecular weight excluding hydrogens is 328 g/mol. The smallest absolute Gasteiger partial charge is 0.163 e. The molecule has 6 heteroatoms. The van der Waals surface area contributed by atoms with Crippen LogP contribution >= 0.6 is 0 Å². The van der Waals surface area contributed by atoms with Crippen LogP contribution in [-0.2, 0) is 6.42 Å². The van der Waals surface area contributed by atoms with Gasteiger partial charge in [-0.25, -0.2) is 4.68 Å². The van der Waals surface area contributed by atoms with Gasteiger partial charge in [-0.3, -0.25) is 0 Å². The van der Waals surface area contributed by atoms with E-state index in [1.807, 2.05) is 12.1 Å². The van der Waals surface area contributed by atoms with E-state index in [0.717, 1.165) is 42.5 Å². The second-order valence-corrected chi connectivity index (χ2v) is 7.34. The van der Waals surface area contributed by atoms with Crippen LogP contribution in [0.2, 0.25) is 0 Å². The Morgan fingerprint density at radius 2 is 1.96 bits per heavy atom. The molecule has 5 rings (SSSR count). The van der Waals surface area contributed by atoms with Crippen LogP contribution in [-0.4, -0.2) is 54.1 Å². The molecule has 0 amide bonds. The Balaban J connectivity index is 1.49. The van der Waals surface area contributed by atoms with E-state index in [9.17, 15) is 0 Å². The van der Waals surface area contributed by atoms with Crippen LogP contribution in [0.3, 0.4) is 0 Å². The Morgan fingerprint density at radius 3 is 2.77 bits per heavy atom. The van der Waals surface area contributed by atoms with Crippen LogP contribution in [0.25, 0.3) is 5.69 Å². The summed E-state index contributed by atoms with van der Waals surface area (Å²) in [5, 5.41) is 8.61. The molecule has 0 bridgehead atoms. The first-order valence-corrected chi connectivity index (χ1v) is 9.81. The topological polar surface area (TPSA) is 51.6 Å². The summed E-state index contributed by atoms with van der Waals surface area (Å²) in [6.07, 6.45) is 3.49. The van der Waals surface area contributed by atoms with Crippen LogP contribution in [0, 0.1) is 0 Å². The fourth-order valence-electron chi connectivity index (χ4n) is 4.40. The highest BCUT2D eigenvalue weighted by Crippen LogP contribution is 2.38. The summed E-state index contributed by atoms with van der Waals surface area (Å²) >= 11 is 0. The highest BCUT2D eigenvalue weighted by molar-refractivity contribution is 5.59. The molecule has 1 aromatic heterocycles. The Bertz CT molecular complexity index is 808. The summed E-state index contributed by atoms with van der Waals surface area (Å²) in [6, 6.07) is 6.11. The average Bonchev–Trinajstić information content (AvgIpc) is 3.30. The van der Waals surface area contributed by atoms with E-state index in [4.69, 9.17) is 14.6 Å². The van der Waals surface area contributed by atoms with Crippen molar-refractivity contribution < 1.29 is 9.47 Å². The maximum absolute atomic E-state index is 5.76. The highest BCUT2D eigenvalue weighted by Gasteiger charge is 2.30. The lowest BCUT2D eigenvalue weighted by molar-refractivity contribution is 0.171. The number of rotatable bonds is 3. The van der Waals surface area contributed by atoms with Gasteiger partial charge < -0.3 is 19.7 Å². The van der Waals surface area contributed by atoms with Crippen molar-refractivity contribution in [2.75, 3.05) is 44.7 Å². The number of hydrogen-bond acceptors (Lipinski definition) is 5. The van der Waals surface area contributed by atoms with Crippen molar-refractivity contribution in [2.24, 2.45) is 0 Å². The average molecular weight is 354 g/mol. The van der Waals surface area contributed by atoms with Crippen molar-refractivity contribution in [3.05, 3.63) is 29.5 Å². The van der Waals surface area contributed by atoms with Gasteiger partial charge in [0.1, 0.15) is 19.0 Å². The number of benzene rings is 1. The van der Waals surface area contributed by atoms with Crippen molar-refractivity contribution in [2.45, 2.75) is 32.1 Å². The van der Waals surface area contributed by atoms with Crippen molar-refractivity contribution in [1.82, 2.24) is 14.7 Å². The van der Waals surface area contributed by atoms with E-state index >= 15 is 0 Å². The van der Waals surface area contributed by atoms with Gasteiger partial charge in [0.2, 0.25) is 0 Å². The molecule has 3 aliphatic heterocycles. The van der Waals surface area contributed by atoms with E-state index in [1.165, 1.54) is 37.2 Å². The largest absolute Gasteiger partial charge is 0.486 e. The third-order valence-corrected chi connectivity index (χ3v) is 5.87. The molecule has 0 unspecified atom stereocenters. The van der Waals surface area contributed by atoms with Crippen molar-refractivity contribution >= 4 is 5.82 Å². The molecule has 1 aromatic carbocycles. The molecule has 1 fully saturated rings. The van der Waals surface area contributed by atoms with E-state index in [1.54, 1.807) is 0 Å². The van der Waals surface area contributed by atoms with Crippen LogP contribution in [0.5, 0.6) is 11.5 Å². The molecule has 1 saturated heterocycles. The van der Waals surface area contributed by atoms with Gasteiger partial charge in [-0.15, -0.1) is 0 Å². The Morgan fingerprint density at radius 1 is 1.15 bits per heavy atom. The summed E-state index contributed by atoms with van der Waals surface area (Å²) < 4.78 is 13.5. The summed E-state index contributed by atoms with van der Waals surface area (Å²) in [7, 11) is 0. The molecule has 0 aliphatic carbocycles. The highest BCUT2D eigenvalue weighted by atomic mass is 16.6. The quantitative estimate of drug-likeness (QED) is 0.919. The predicted molar refractivity (Wildman–Crippen MR) is 101 cm³/mol. The maximum Gasteiger partial charge on any atom is 0.163 e. The first kappa shape index (κ1) is 16.0. The second kappa shape index (κ2) is 6.50. The lowest BCUT2D eigenvalue weighted by Gasteiger charge is -2.30. The molecule has 0 atom stereocenters. The van der Waals surface area contributed by atoms with Gasteiger partial charge in [0.15, 0.2) is 11.5 Å². The number of nitrogens with zero attached hydrogens (tertiary/aromatic N) is 3. The molecule has 1 N–H and O–H groups in total. The molecule has 6 nitrogen and oxygen atoms in total. The standard InChI is InChI=1S/C20H26N4O2/c1-2-23-9-6-14(7-10-23)19-16-5-8-21-20(16)24(22-19)15-3-4-17-18(13-15)26-12-11-25-17/h3-4,13-14,21H,2,5-12H2,1H3. The van der Waals surface area contributed by atoms with Crippen molar-refractivity contribution in [1.29, 1.82) is 0 Å². The van der Waals surface area contributed by atoms with Crippen molar-refractivity contribution in [3.8, 4) is 17.2 Å². The maximum atomic E-state index is 5.76. The molecule has 3 aliphatic rings. The monoisotopic (exact) mass is 354 g/mol. The molecule has 0 radical (unpaired) electrons. The number of fused-ring (bicyclic) bond motifs is 2. The molecule has 4 heterocycles. The summed E-state index contributed by atoms with van der Waals surface area (Å²) in [4.78, 5) is 2.53. The van der Waals surface area contributed by atoms with E-state index < -0.39 is 0 Å². The fraction of sp³-hybridized carbons (Fsp3) is 0.550. The van der Waals surface area contributed by atoms with Gasteiger partial charge in [-0.05, 0) is 51.0 Å². The van der Waals surface area contributed by atoms with Crippen LogP contribution in [0.1, 0.15) is 36.9 Å². The summed E-state index contributed by atoms with van der Waals surface area (Å²) in [5.74, 6) is 3.37. The van der Waals surface area contributed by atoms with E-state index in [-0.39, 0.29) is 0 Å². The SMILES string of the molecule is CCN1CCC(c2nn(-c3ccc4c(c3)OCCO4)c3c2CCN3)CC1. The van der Waals surface area contributed by atoms with Crippen molar-refractivity contribution in [3.63, 3.8) is 0 Å². The number of nitrogens with one attached hydrogen (secondary N) is 1. The number of anilines is 1. The van der Waals surface area contributed by atoms with E-state index in [2.05, 4.69) is 27.9 Å². The Labute approximate surface area is 154 Å². The van der Waals surface area contributed by atoms with Crippen LogP contribution in [0.4, 0.5) is 5.82 Å². The Kier molecular flexibility index (Phi) is 4.00. The number of piperidine rings is 1. The molecular formula is C20H26N4O2. The van der Waals surface area contributed by atoms with Gasteiger partial charge in [-0.2, -0.15) is 5.10 Å². The second-order valence-electron chi connectivity index (χ2n) is 7.34. The van der Waals surface area contributed by atoms with Crippen LogP contribution in [0.15, 0.2) is 18.2 Å². The third-order valence-electron chi connectivity index (χ3n) is 5.87. The van der Waals surface area contributed by atoms with Gasteiger partial charge in [0, 0.05) is 24.1 Å². The number of hydrogen-bond donors (Lipinski definition) is 1. The minimum absolute atomic E-state index is 0.574. The van der Waals surface area contributed by atoms with Gasteiger partial charge in [0.25, 0.3) is 0 Å². The fourth-order valence-corrected chi connectivity index (χ4v) is 4.40. The van der Waals surface area contributed by atoms with Gasteiger partial charge in [0.05, 0.1) is 11.4 Å². The molecule has 138 valence electrons. The normalized spacial score (nSPS) is 20.0. The molecule has 26 heavy (non-hydrogen) atoms. The minimum Gasteiger partial charge on any atom is -0.486 e. The first-order valence-electron chi connectivity index (χ1n) is 9.81. The third kappa shape index (κ3) is 2.63. The van der Waals surface area contributed by atoms with E-state index in [0.29, 0.717) is 19.1 Å². The number of ether oxygens (including phenoxy) is 2. The summed E-state index contributed by atoms with van der Waals surface area (Å²) in [6.45, 7) is 7.98. The zero-order valence-electron chi connectivity index (χ0n) is 15.3. The molecule has 0 spiro atoms. The lowest BCUT2D eigenvalue weighted by Crippen LogP contribution is -2.33. The minimum atomic E-state index is 0.574. The number of likely N-dealkylation sites (tertiary alicyclic amines) is 1. The zero-order chi connectivity index (χ0) is 17.5. The van der Waals surface area contributed by atoms with Crippen LogP contribution < -0.4 is 14.8 Å². The van der Waals surface area contributed by atoms with Gasteiger partial charge in [-0.1, -0.05) is 6.92 Å². The predicted octanol–water partition coefficient (Wildman–Crippen LogP) is 2.81. The summed E-state index contributed by atoms with van der Waals surface area (Å²) in [5.41, 5.74) is 3.75. The zero-order valence-corrected chi connectivity index (χ0v) is 15.3.